The molecule has 26 heavy (non-hydrogen) atoms. The van der Waals surface area contributed by atoms with Gasteiger partial charge in [0.15, 0.2) is 0 Å². The molecule has 0 radical (unpaired) electrons. The highest BCUT2D eigenvalue weighted by molar-refractivity contribution is 8.05. The largest absolute Gasteiger partial charge is 0.431 e. The summed E-state index contributed by atoms with van der Waals surface area (Å²) in [6.45, 7) is -5.28. The third kappa shape index (κ3) is 4.87. The van der Waals surface area contributed by atoms with Crippen LogP contribution < -0.4 is 4.52 Å². The van der Waals surface area contributed by atoms with Crippen molar-refractivity contribution < 1.29 is 13.6 Å². The van der Waals surface area contributed by atoms with E-state index in [0.29, 0.717) is 19.0 Å². The quantitative estimate of drug-likeness (QED) is 0.393. The predicted octanol–water partition coefficient (Wildman–Crippen LogP) is 8.86. The molecule has 0 bridgehead atoms. The molecule has 12 heteroatoms. The van der Waals surface area contributed by atoms with Crippen LogP contribution in [0, 0.1) is 0 Å². The van der Waals surface area contributed by atoms with Crippen LogP contribution in [0.15, 0.2) is 56.0 Å². The molecule has 0 spiro atoms. The van der Waals surface area contributed by atoms with Gasteiger partial charge in [0.2, 0.25) is 0 Å². The van der Waals surface area contributed by atoms with Crippen LogP contribution in [0.3, 0.4) is 0 Å². The van der Waals surface area contributed by atoms with Crippen molar-refractivity contribution in [2.24, 2.45) is 13.5 Å². The van der Waals surface area contributed by atoms with Crippen molar-refractivity contribution in [1.82, 2.24) is 0 Å². The number of rotatable bonds is 6. The SMILES string of the molecule is CCOP1(Cl)=NP(Cl)(OCC)=NP(Cl)(Oc2ccc3ccccc3c2)=N1. The second kappa shape index (κ2) is 8.15. The van der Waals surface area contributed by atoms with Gasteiger partial charge in [0.1, 0.15) is 5.75 Å². The maximum absolute atomic E-state index is 6.62. The topological polar surface area (TPSA) is 64.8 Å². The lowest BCUT2D eigenvalue weighted by Gasteiger charge is -2.26. The van der Waals surface area contributed by atoms with Crippen molar-refractivity contribution >= 4 is 64.8 Å². The Labute approximate surface area is 167 Å². The van der Waals surface area contributed by atoms with E-state index in [1.54, 1.807) is 19.9 Å². The molecule has 2 aromatic rings. The van der Waals surface area contributed by atoms with Gasteiger partial charge >= 0.3 is 20.4 Å². The highest BCUT2D eigenvalue weighted by Gasteiger charge is 2.37. The maximum atomic E-state index is 6.62. The second-order valence-corrected chi connectivity index (χ2v) is 14.8. The number of hydrogen-bond acceptors (Lipinski definition) is 6. The second-order valence-electron chi connectivity index (χ2n) is 5.12. The first-order valence-corrected chi connectivity index (χ1v) is 15.3. The first-order chi connectivity index (χ1) is 12.3. The molecule has 0 fully saturated rings. The Hall–Kier alpha value is -0.0200. The number of benzene rings is 2. The van der Waals surface area contributed by atoms with Gasteiger partial charge in [0.05, 0.1) is 13.2 Å². The minimum Gasteiger partial charge on any atom is -0.431 e. The molecule has 6 nitrogen and oxygen atoms in total. The van der Waals surface area contributed by atoms with Gasteiger partial charge in [-0.2, -0.15) is 13.5 Å². The van der Waals surface area contributed by atoms with Crippen LogP contribution in [-0.2, 0) is 9.05 Å². The third-order valence-corrected chi connectivity index (χ3v) is 14.5. The van der Waals surface area contributed by atoms with Gasteiger partial charge < -0.3 is 13.6 Å². The highest BCUT2D eigenvalue weighted by atomic mass is 35.7. The number of halogens is 3. The molecule has 3 rings (SSSR count). The van der Waals surface area contributed by atoms with Gasteiger partial charge in [0, 0.05) is 0 Å². The Morgan fingerprint density at radius 2 is 1.31 bits per heavy atom. The monoisotopic (exact) mass is 473 g/mol. The summed E-state index contributed by atoms with van der Waals surface area (Å²) in [6.07, 6.45) is 0. The summed E-state index contributed by atoms with van der Waals surface area (Å²) in [5.74, 6) is 0.515. The van der Waals surface area contributed by atoms with E-state index in [4.69, 9.17) is 47.3 Å². The van der Waals surface area contributed by atoms with E-state index in [0.717, 1.165) is 10.8 Å². The Morgan fingerprint density at radius 1 is 0.769 bits per heavy atom. The molecule has 2 aromatic carbocycles. The molecule has 1 aliphatic rings. The normalized spacial score (nSPS) is 31.0. The predicted molar refractivity (Wildman–Crippen MR) is 113 cm³/mol. The first kappa shape index (κ1) is 20.7. The molecule has 3 unspecified atom stereocenters. The summed E-state index contributed by atoms with van der Waals surface area (Å²) >= 11 is 19.5. The molecule has 142 valence electrons. The highest BCUT2D eigenvalue weighted by Crippen LogP contribution is 2.83. The van der Waals surface area contributed by atoms with E-state index in [1.165, 1.54) is 0 Å². The van der Waals surface area contributed by atoms with Crippen molar-refractivity contribution in [3.05, 3.63) is 42.5 Å². The Morgan fingerprint density at radius 3 is 1.92 bits per heavy atom. The van der Waals surface area contributed by atoms with Crippen LogP contribution in [0.1, 0.15) is 13.8 Å². The van der Waals surface area contributed by atoms with Gasteiger partial charge in [-0.25, -0.2) is 0 Å². The average Bonchev–Trinajstić information content (AvgIpc) is 2.52. The van der Waals surface area contributed by atoms with Gasteiger partial charge in [0.25, 0.3) is 0 Å². The Bertz CT molecular complexity index is 987. The average molecular weight is 475 g/mol. The molecule has 3 atom stereocenters. The lowest BCUT2D eigenvalue weighted by molar-refractivity contribution is 0.372. The van der Waals surface area contributed by atoms with Gasteiger partial charge in [-0.3, -0.25) is 0 Å². The van der Waals surface area contributed by atoms with Crippen molar-refractivity contribution in [3.63, 3.8) is 0 Å². The van der Waals surface area contributed by atoms with Crippen LogP contribution >= 0.6 is 54.1 Å². The van der Waals surface area contributed by atoms with Crippen LogP contribution in [-0.4, -0.2) is 13.2 Å². The van der Waals surface area contributed by atoms with E-state index in [1.807, 2.05) is 36.4 Å². The summed E-state index contributed by atoms with van der Waals surface area (Å²) < 4.78 is 29.9. The maximum Gasteiger partial charge on any atom is 0.352 e. The summed E-state index contributed by atoms with van der Waals surface area (Å²) in [5, 5.41) is 2.08. The van der Waals surface area contributed by atoms with E-state index >= 15 is 0 Å². The standard InChI is InChI=1S/C14H17Cl3N3O3P3/c1-3-21-24(15)18-25(16,22-4-2)20-26(17,19-24)23-14-10-9-12-7-5-6-8-13(12)11-14/h5-11H,3-4H2,1-2H3. The Balaban J connectivity index is 2.06. The minimum atomic E-state index is -3.25. The molecule has 0 saturated heterocycles. The zero-order valence-electron chi connectivity index (χ0n) is 14.0. The molecule has 0 N–H and O–H groups in total. The number of fused-ring (bicyclic) bond motifs is 1. The lowest BCUT2D eigenvalue weighted by atomic mass is 10.1. The van der Waals surface area contributed by atoms with Crippen LogP contribution in [0.4, 0.5) is 0 Å². The number of hydrogen-bond donors (Lipinski definition) is 0. The molecule has 1 heterocycles. The molecular weight excluding hydrogens is 457 g/mol. The summed E-state index contributed by atoms with van der Waals surface area (Å²) in [6, 6.07) is 13.5. The fourth-order valence-corrected chi connectivity index (χ4v) is 15.8. The Kier molecular flexibility index (Phi) is 6.49. The van der Waals surface area contributed by atoms with E-state index in [-0.39, 0.29) is 0 Å². The van der Waals surface area contributed by atoms with Crippen molar-refractivity contribution in [1.29, 1.82) is 0 Å². The van der Waals surface area contributed by atoms with Gasteiger partial charge in [-0.05, 0) is 70.5 Å². The molecular formula is C14H17Cl3N3O3P3. The van der Waals surface area contributed by atoms with Crippen molar-refractivity contribution in [2.45, 2.75) is 13.8 Å². The zero-order valence-corrected chi connectivity index (χ0v) is 18.9. The van der Waals surface area contributed by atoms with E-state index in [2.05, 4.69) is 13.5 Å². The molecule has 0 aromatic heterocycles. The number of nitrogens with zero attached hydrogens (tertiary/aromatic N) is 3. The fourth-order valence-electron chi connectivity index (χ4n) is 2.29. The van der Waals surface area contributed by atoms with Crippen LogP contribution in [0.2, 0.25) is 0 Å². The minimum absolute atomic E-state index is 0.306. The first-order valence-electron chi connectivity index (χ1n) is 7.77. The molecule has 0 saturated carbocycles. The lowest BCUT2D eigenvalue weighted by Crippen LogP contribution is -1.92. The van der Waals surface area contributed by atoms with E-state index in [9.17, 15) is 0 Å². The van der Waals surface area contributed by atoms with Crippen LogP contribution in [0.25, 0.3) is 10.8 Å². The third-order valence-electron chi connectivity index (χ3n) is 3.19. The van der Waals surface area contributed by atoms with Crippen molar-refractivity contribution in [2.75, 3.05) is 13.2 Å². The smallest absolute Gasteiger partial charge is 0.352 e. The molecule has 0 aliphatic carbocycles. The molecule has 1 aliphatic heterocycles. The van der Waals surface area contributed by atoms with Gasteiger partial charge in [-0.1, -0.05) is 30.3 Å². The summed E-state index contributed by atoms with van der Waals surface area (Å²) in [5.41, 5.74) is 0. The van der Waals surface area contributed by atoms with E-state index < -0.39 is 20.4 Å². The summed E-state index contributed by atoms with van der Waals surface area (Å²) in [7, 11) is 0. The van der Waals surface area contributed by atoms with Crippen molar-refractivity contribution in [3.8, 4) is 5.75 Å². The zero-order chi connectivity index (χ0) is 18.8. The molecule has 0 amide bonds. The van der Waals surface area contributed by atoms with Crippen LogP contribution in [0.5, 0.6) is 5.75 Å². The van der Waals surface area contributed by atoms with Gasteiger partial charge in [-0.15, -0.1) is 0 Å². The fraction of sp³-hybridized carbons (Fsp3) is 0.286. The summed E-state index contributed by atoms with van der Waals surface area (Å²) in [4.78, 5) is 0.